The second-order valence-corrected chi connectivity index (χ2v) is 8.03. The third-order valence-corrected chi connectivity index (χ3v) is 5.55. The fourth-order valence-corrected chi connectivity index (χ4v) is 3.28. The highest BCUT2D eigenvalue weighted by molar-refractivity contribution is 7.89. The molecule has 2 rings (SSSR count). The third kappa shape index (κ3) is 5.64. The van der Waals surface area contributed by atoms with Crippen LogP contribution < -0.4 is 5.43 Å². The molecule has 0 aliphatic carbocycles. The van der Waals surface area contributed by atoms with Gasteiger partial charge in [0.05, 0.1) is 23.2 Å². The van der Waals surface area contributed by atoms with Crippen molar-refractivity contribution >= 4 is 22.1 Å². The Hall–Kier alpha value is -2.72. The maximum absolute atomic E-state index is 12.5. The summed E-state index contributed by atoms with van der Waals surface area (Å²) in [5.74, 6) is -0.693. The van der Waals surface area contributed by atoms with Gasteiger partial charge in [-0.1, -0.05) is 29.8 Å². The highest BCUT2D eigenvalue weighted by Crippen LogP contribution is 2.28. The van der Waals surface area contributed by atoms with Crippen LogP contribution >= 0.6 is 0 Å². The van der Waals surface area contributed by atoms with Gasteiger partial charge in [-0.15, -0.1) is 0 Å². The lowest BCUT2D eigenvalue weighted by Crippen LogP contribution is -2.36. The van der Waals surface area contributed by atoms with Crippen LogP contribution in [0.4, 0.5) is 13.2 Å². The number of likely N-dealkylation sites (N-methyl/N-ethyl adjacent to an activating group) is 1. The lowest BCUT2D eigenvalue weighted by molar-refractivity contribution is -0.137. The van der Waals surface area contributed by atoms with Gasteiger partial charge in [-0.05, 0) is 36.8 Å². The highest BCUT2D eigenvalue weighted by atomic mass is 32.2. The van der Waals surface area contributed by atoms with Crippen molar-refractivity contribution in [3.63, 3.8) is 0 Å². The number of hydrogen-bond acceptors (Lipinski definition) is 4. The van der Waals surface area contributed by atoms with Gasteiger partial charge in [-0.2, -0.15) is 22.6 Å². The molecule has 6 nitrogen and oxygen atoms in total. The Morgan fingerprint density at radius 2 is 1.68 bits per heavy atom. The summed E-state index contributed by atoms with van der Waals surface area (Å²) in [6.45, 7) is 1.35. The fourth-order valence-electron chi connectivity index (χ4n) is 2.15. The quantitative estimate of drug-likeness (QED) is 0.584. The Morgan fingerprint density at radius 1 is 1.11 bits per heavy atom. The summed E-state index contributed by atoms with van der Waals surface area (Å²) in [6, 6.07) is 10.4. The van der Waals surface area contributed by atoms with E-state index in [2.05, 4.69) is 10.5 Å². The van der Waals surface area contributed by atoms with E-state index in [1.54, 1.807) is 12.1 Å². The van der Waals surface area contributed by atoms with E-state index in [0.29, 0.717) is 5.56 Å². The molecule has 0 bridgehead atoms. The molecule has 1 amide bonds. The molecule has 1 N–H and O–H groups in total. The van der Waals surface area contributed by atoms with E-state index in [0.717, 1.165) is 28.2 Å². The molecule has 2 aromatic rings. The van der Waals surface area contributed by atoms with E-state index >= 15 is 0 Å². The molecule has 0 spiro atoms. The monoisotopic (exact) mass is 413 g/mol. The predicted molar refractivity (Wildman–Crippen MR) is 98.2 cm³/mol. The van der Waals surface area contributed by atoms with E-state index in [1.165, 1.54) is 31.3 Å². The van der Waals surface area contributed by atoms with Crippen LogP contribution in [0.15, 0.2) is 58.5 Å². The average Bonchev–Trinajstić information content (AvgIpc) is 2.61. The van der Waals surface area contributed by atoms with Crippen LogP contribution in [0.3, 0.4) is 0 Å². The zero-order valence-corrected chi connectivity index (χ0v) is 15.9. The zero-order chi connectivity index (χ0) is 20.9. The largest absolute Gasteiger partial charge is 0.416 e. The lowest BCUT2D eigenvalue weighted by atomic mass is 10.1. The zero-order valence-electron chi connectivity index (χ0n) is 15.1. The van der Waals surface area contributed by atoms with Gasteiger partial charge in [-0.3, -0.25) is 4.79 Å². The minimum Gasteiger partial charge on any atom is -0.272 e. The van der Waals surface area contributed by atoms with Crippen molar-refractivity contribution in [1.29, 1.82) is 0 Å². The molecule has 0 saturated carbocycles. The standard InChI is InChI=1S/C18H18F3N3O3S/c1-13-3-9-16(10-4-13)28(26,27)24(2)12-17(25)23-22-11-14-5-7-15(8-6-14)18(19,20)21/h3-11H,12H2,1-2H3,(H,23,25)/b22-11-. The first-order valence-electron chi connectivity index (χ1n) is 8.02. The Labute approximate surface area is 160 Å². The molecule has 2 aromatic carbocycles. The number of hydrazone groups is 1. The lowest BCUT2D eigenvalue weighted by Gasteiger charge is -2.16. The van der Waals surface area contributed by atoms with Gasteiger partial charge in [0.15, 0.2) is 0 Å². The van der Waals surface area contributed by atoms with Crippen LogP contribution in [0.1, 0.15) is 16.7 Å². The smallest absolute Gasteiger partial charge is 0.272 e. The van der Waals surface area contributed by atoms with E-state index in [4.69, 9.17) is 0 Å². The third-order valence-electron chi connectivity index (χ3n) is 3.74. The number of rotatable bonds is 6. The van der Waals surface area contributed by atoms with Crippen LogP contribution in [0.5, 0.6) is 0 Å². The van der Waals surface area contributed by atoms with Crippen LogP contribution in [0.2, 0.25) is 0 Å². The van der Waals surface area contributed by atoms with Crippen molar-refractivity contribution in [3.8, 4) is 0 Å². The number of aryl methyl sites for hydroxylation is 1. The topological polar surface area (TPSA) is 78.8 Å². The number of amides is 1. The molecule has 28 heavy (non-hydrogen) atoms. The van der Waals surface area contributed by atoms with Crippen molar-refractivity contribution in [2.75, 3.05) is 13.6 Å². The Kier molecular flexibility index (Phi) is 6.57. The molecule has 0 atom stereocenters. The molecule has 10 heteroatoms. The summed E-state index contributed by atoms with van der Waals surface area (Å²) < 4.78 is 63.2. The normalized spacial score (nSPS) is 12.5. The molecule has 0 heterocycles. The number of sulfonamides is 1. The first kappa shape index (κ1) is 21.6. The van der Waals surface area contributed by atoms with Crippen LogP contribution in [0, 0.1) is 6.92 Å². The van der Waals surface area contributed by atoms with Gasteiger partial charge in [0, 0.05) is 7.05 Å². The van der Waals surface area contributed by atoms with Crippen molar-refractivity contribution in [1.82, 2.24) is 9.73 Å². The second kappa shape index (κ2) is 8.53. The summed E-state index contributed by atoms with van der Waals surface area (Å²) >= 11 is 0. The fraction of sp³-hybridized carbons (Fsp3) is 0.222. The van der Waals surface area contributed by atoms with Crippen LogP contribution in [0.25, 0.3) is 0 Å². The van der Waals surface area contributed by atoms with E-state index < -0.39 is 34.2 Å². The van der Waals surface area contributed by atoms with Gasteiger partial charge >= 0.3 is 6.18 Å². The van der Waals surface area contributed by atoms with E-state index in [9.17, 15) is 26.4 Å². The van der Waals surface area contributed by atoms with Gasteiger partial charge < -0.3 is 0 Å². The molecule has 0 saturated heterocycles. The predicted octanol–water partition coefficient (Wildman–Crippen LogP) is 2.78. The minimum atomic E-state index is -4.43. The summed E-state index contributed by atoms with van der Waals surface area (Å²) in [5, 5.41) is 3.63. The molecule has 0 unspecified atom stereocenters. The minimum absolute atomic E-state index is 0.0571. The van der Waals surface area contributed by atoms with Crippen molar-refractivity contribution in [2.24, 2.45) is 5.10 Å². The van der Waals surface area contributed by atoms with Gasteiger partial charge in [0.1, 0.15) is 0 Å². The maximum Gasteiger partial charge on any atom is 0.416 e. The SMILES string of the molecule is Cc1ccc(S(=O)(=O)N(C)CC(=O)N/N=C\c2ccc(C(F)(F)F)cc2)cc1. The second-order valence-electron chi connectivity index (χ2n) is 5.99. The average molecular weight is 413 g/mol. The molecular formula is C18H18F3N3O3S. The van der Waals surface area contributed by atoms with Gasteiger partial charge in [0.25, 0.3) is 5.91 Å². The first-order chi connectivity index (χ1) is 13.0. The van der Waals surface area contributed by atoms with E-state index in [-0.39, 0.29) is 4.90 Å². The number of nitrogens with zero attached hydrogens (tertiary/aromatic N) is 2. The number of benzene rings is 2. The Morgan fingerprint density at radius 3 is 2.21 bits per heavy atom. The molecule has 0 fully saturated rings. The summed E-state index contributed by atoms with van der Waals surface area (Å²) in [4.78, 5) is 11.9. The molecule has 0 aliphatic heterocycles. The molecule has 0 radical (unpaired) electrons. The van der Waals surface area contributed by atoms with Crippen molar-refractivity contribution in [2.45, 2.75) is 18.0 Å². The highest BCUT2D eigenvalue weighted by Gasteiger charge is 2.29. The maximum atomic E-state index is 12.5. The molecule has 150 valence electrons. The van der Waals surface area contributed by atoms with Crippen LogP contribution in [-0.4, -0.2) is 38.4 Å². The number of hydrogen-bond donors (Lipinski definition) is 1. The molecular weight excluding hydrogens is 395 g/mol. The molecule has 0 aliphatic rings. The van der Waals surface area contributed by atoms with E-state index in [1.807, 2.05) is 6.92 Å². The number of carbonyl (C=O) groups is 1. The van der Waals surface area contributed by atoms with Crippen molar-refractivity contribution < 1.29 is 26.4 Å². The number of carbonyl (C=O) groups excluding carboxylic acids is 1. The first-order valence-corrected chi connectivity index (χ1v) is 9.46. The summed E-state index contributed by atoms with van der Waals surface area (Å²) in [6.07, 6.45) is -3.27. The molecule has 0 aromatic heterocycles. The number of nitrogens with one attached hydrogen (secondary N) is 1. The summed E-state index contributed by atoms with van der Waals surface area (Å²) in [5.41, 5.74) is 2.59. The van der Waals surface area contributed by atoms with Gasteiger partial charge in [0.2, 0.25) is 10.0 Å². The Bertz CT molecular complexity index is 954. The number of halogens is 3. The Balaban J connectivity index is 1.94. The van der Waals surface area contributed by atoms with Crippen LogP contribution in [-0.2, 0) is 21.0 Å². The summed E-state index contributed by atoms with van der Waals surface area (Å²) in [7, 11) is -2.57. The van der Waals surface area contributed by atoms with Gasteiger partial charge in [-0.25, -0.2) is 13.8 Å². The number of alkyl halides is 3. The van der Waals surface area contributed by atoms with Crippen molar-refractivity contribution in [3.05, 3.63) is 65.2 Å².